The Morgan fingerprint density at radius 3 is 2.67 bits per heavy atom. The highest BCUT2D eigenvalue weighted by atomic mass is 32.1. The third-order valence-electron chi connectivity index (χ3n) is 3.02. The fourth-order valence-electron chi connectivity index (χ4n) is 2.14. The molecule has 0 spiro atoms. The predicted molar refractivity (Wildman–Crippen MR) is 83.3 cm³/mol. The zero-order valence-corrected chi connectivity index (χ0v) is 12.1. The van der Waals surface area contributed by atoms with Gasteiger partial charge in [-0.15, -0.1) is 11.3 Å². The van der Waals surface area contributed by atoms with Gasteiger partial charge in [-0.2, -0.15) is 0 Å². The van der Waals surface area contributed by atoms with Crippen molar-refractivity contribution in [3.63, 3.8) is 0 Å². The van der Waals surface area contributed by atoms with Gasteiger partial charge in [-0.25, -0.2) is 4.79 Å². The molecule has 0 aliphatic carbocycles. The minimum absolute atomic E-state index is 0.140. The van der Waals surface area contributed by atoms with Crippen molar-refractivity contribution in [3.05, 3.63) is 52.7 Å². The van der Waals surface area contributed by atoms with Crippen molar-refractivity contribution in [3.8, 4) is 5.75 Å². The summed E-state index contributed by atoms with van der Waals surface area (Å²) in [5.74, 6) is 0.234. The van der Waals surface area contributed by atoms with Gasteiger partial charge in [0, 0.05) is 14.8 Å². The molecular formula is C16H12O4S. The number of ether oxygens (including phenoxy) is 2. The smallest absolute Gasteiger partial charge is 0.434 e. The van der Waals surface area contributed by atoms with Gasteiger partial charge >= 0.3 is 6.16 Å². The summed E-state index contributed by atoms with van der Waals surface area (Å²) in [4.78, 5) is 24.1. The van der Waals surface area contributed by atoms with E-state index in [1.54, 1.807) is 25.1 Å². The Balaban J connectivity index is 2.24. The van der Waals surface area contributed by atoms with Crippen LogP contribution in [0.2, 0.25) is 0 Å². The van der Waals surface area contributed by atoms with Crippen molar-refractivity contribution in [1.82, 2.24) is 0 Å². The summed E-state index contributed by atoms with van der Waals surface area (Å²) in [5, 5.41) is 1.03. The lowest BCUT2D eigenvalue weighted by Crippen LogP contribution is -2.12. The lowest BCUT2D eigenvalue weighted by Gasteiger charge is -2.07. The lowest BCUT2D eigenvalue weighted by atomic mass is 10.1. The van der Waals surface area contributed by atoms with Gasteiger partial charge in [0.05, 0.1) is 12.0 Å². The molecule has 0 amide bonds. The molecular weight excluding hydrogens is 288 g/mol. The molecule has 0 saturated heterocycles. The molecule has 0 bridgehead atoms. The summed E-state index contributed by atoms with van der Waals surface area (Å²) >= 11 is 1.49. The van der Waals surface area contributed by atoms with Gasteiger partial charge < -0.3 is 9.47 Å². The van der Waals surface area contributed by atoms with E-state index in [1.807, 2.05) is 24.3 Å². The molecule has 0 atom stereocenters. The van der Waals surface area contributed by atoms with E-state index in [4.69, 9.17) is 9.47 Å². The maximum absolute atomic E-state index is 12.6. The Hall–Kier alpha value is -2.40. The average molecular weight is 300 g/mol. The van der Waals surface area contributed by atoms with Gasteiger partial charge in [0.2, 0.25) is 0 Å². The Morgan fingerprint density at radius 1 is 1.10 bits per heavy atom. The van der Waals surface area contributed by atoms with E-state index in [0.717, 1.165) is 9.40 Å². The SMILES string of the molecule is CCOC(=O)Oc1cccc2sc3ccccc3c(=O)c12. The van der Waals surface area contributed by atoms with E-state index >= 15 is 0 Å². The topological polar surface area (TPSA) is 52.6 Å². The third kappa shape index (κ3) is 2.48. The van der Waals surface area contributed by atoms with Gasteiger partial charge in [-0.05, 0) is 31.2 Å². The summed E-state index contributed by atoms with van der Waals surface area (Å²) in [6.45, 7) is 1.92. The fraction of sp³-hybridized carbons (Fsp3) is 0.125. The Labute approximate surface area is 124 Å². The number of benzene rings is 2. The molecule has 2 aromatic carbocycles. The highest BCUT2D eigenvalue weighted by Gasteiger charge is 2.13. The molecule has 4 nitrogen and oxygen atoms in total. The molecule has 106 valence electrons. The quantitative estimate of drug-likeness (QED) is 0.408. The first-order valence-corrected chi connectivity index (χ1v) is 7.31. The Morgan fingerprint density at radius 2 is 1.86 bits per heavy atom. The van der Waals surface area contributed by atoms with Crippen LogP contribution >= 0.6 is 11.3 Å². The lowest BCUT2D eigenvalue weighted by molar-refractivity contribution is 0.105. The van der Waals surface area contributed by atoms with Gasteiger partial charge in [-0.1, -0.05) is 18.2 Å². The van der Waals surface area contributed by atoms with Crippen LogP contribution in [-0.4, -0.2) is 12.8 Å². The molecule has 21 heavy (non-hydrogen) atoms. The fourth-order valence-corrected chi connectivity index (χ4v) is 3.23. The maximum Gasteiger partial charge on any atom is 0.513 e. The average Bonchev–Trinajstić information content (AvgIpc) is 2.48. The number of carbonyl (C=O) groups is 1. The minimum Gasteiger partial charge on any atom is -0.434 e. The standard InChI is InChI=1S/C16H12O4S/c1-2-19-16(18)20-11-7-5-9-13-14(11)15(17)10-6-3-4-8-12(10)21-13/h3-9H,2H2,1H3. The molecule has 5 heteroatoms. The molecule has 0 aliphatic heterocycles. The summed E-state index contributed by atoms with van der Waals surface area (Å²) in [6.07, 6.45) is -0.803. The van der Waals surface area contributed by atoms with Crippen molar-refractivity contribution >= 4 is 37.7 Å². The van der Waals surface area contributed by atoms with Crippen LogP contribution in [0.15, 0.2) is 47.3 Å². The Kier molecular flexibility index (Phi) is 3.58. The molecule has 1 aromatic heterocycles. The Bertz CT molecular complexity index is 882. The van der Waals surface area contributed by atoms with Crippen molar-refractivity contribution < 1.29 is 14.3 Å². The predicted octanol–water partition coefficient (Wildman–Crippen LogP) is 3.95. The van der Waals surface area contributed by atoms with Crippen LogP contribution in [-0.2, 0) is 4.74 Å². The number of fused-ring (bicyclic) bond motifs is 2. The molecule has 3 aromatic rings. The number of carbonyl (C=O) groups excluding carboxylic acids is 1. The van der Waals surface area contributed by atoms with E-state index in [-0.39, 0.29) is 17.8 Å². The van der Waals surface area contributed by atoms with Crippen LogP contribution < -0.4 is 10.2 Å². The van der Waals surface area contributed by atoms with Gasteiger partial charge in [0.1, 0.15) is 5.75 Å². The number of rotatable bonds is 2. The summed E-state index contributed by atoms with van der Waals surface area (Å²) in [6, 6.07) is 12.6. The third-order valence-corrected chi connectivity index (χ3v) is 4.16. The van der Waals surface area contributed by atoms with Gasteiger partial charge in [0.25, 0.3) is 0 Å². The van der Waals surface area contributed by atoms with E-state index in [2.05, 4.69) is 0 Å². The molecule has 0 unspecified atom stereocenters. The normalized spacial score (nSPS) is 10.7. The number of hydrogen-bond donors (Lipinski definition) is 0. The van der Waals surface area contributed by atoms with Crippen LogP contribution in [0.5, 0.6) is 5.75 Å². The van der Waals surface area contributed by atoms with E-state index in [1.165, 1.54) is 11.3 Å². The van der Waals surface area contributed by atoms with Crippen molar-refractivity contribution in [2.75, 3.05) is 6.61 Å². The summed E-state index contributed by atoms with van der Waals surface area (Å²) in [5.41, 5.74) is -0.140. The minimum atomic E-state index is -0.803. The highest BCUT2D eigenvalue weighted by Crippen LogP contribution is 2.30. The van der Waals surface area contributed by atoms with E-state index < -0.39 is 6.16 Å². The van der Waals surface area contributed by atoms with Crippen LogP contribution in [0.1, 0.15) is 6.92 Å². The zero-order valence-electron chi connectivity index (χ0n) is 11.3. The van der Waals surface area contributed by atoms with Crippen LogP contribution in [0, 0.1) is 0 Å². The molecule has 0 aliphatic rings. The molecule has 0 fully saturated rings. The highest BCUT2D eigenvalue weighted by molar-refractivity contribution is 7.24. The number of hydrogen-bond acceptors (Lipinski definition) is 5. The second-order valence-electron chi connectivity index (χ2n) is 4.34. The maximum atomic E-state index is 12.6. The monoisotopic (exact) mass is 300 g/mol. The molecule has 3 rings (SSSR count). The van der Waals surface area contributed by atoms with Crippen molar-refractivity contribution in [2.45, 2.75) is 6.92 Å². The largest absolute Gasteiger partial charge is 0.513 e. The molecule has 0 saturated carbocycles. The molecule has 0 radical (unpaired) electrons. The van der Waals surface area contributed by atoms with Crippen molar-refractivity contribution in [1.29, 1.82) is 0 Å². The molecule has 0 N–H and O–H groups in total. The molecule has 1 heterocycles. The van der Waals surface area contributed by atoms with Gasteiger partial charge in [-0.3, -0.25) is 4.79 Å². The van der Waals surface area contributed by atoms with Gasteiger partial charge in [0.15, 0.2) is 5.43 Å². The first kappa shape index (κ1) is 13.6. The van der Waals surface area contributed by atoms with Crippen LogP contribution in [0.4, 0.5) is 4.79 Å². The zero-order chi connectivity index (χ0) is 14.8. The van der Waals surface area contributed by atoms with E-state index in [0.29, 0.717) is 10.8 Å². The van der Waals surface area contributed by atoms with Crippen LogP contribution in [0.25, 0.3) is 20.2 Å². The van der Waals surface area contributed by atoms with Crippen molar-refractivity contribution in [2.24, 2.45) is 0 Å². The van der Waals surface area contributed by atoms with Crippen LogP contribution in [0.3, 0.4) is 0 Å². The second-order valence-corrected chi connectivity index (χ2v) is 5.43. The second kappa shape index (κ2) is 5.54. The summed E-state index contributed by atoms with van der Waals surface area (Å²) in [7, 11) is 0. The van der Waals surface area contributed by atoms with E-state index in [9.17, 15) is 9.59 Å². The first-order valence-electron chi connectivity index (χ1n) is 6.50. The summed E-state index contributed by atoms with van der Waals surface area (Å²) < 4.78 is 11.6. The first-order chi connectivity index (χ1) is 10.2.